The van der Waals surface area contributed by atoms with Crippen molar-refractivity contribution >= 4 is 53.7 Å². The molecule has 0 fully saturated rings. The number of imidazole rings is 1. The Morgan fingerprint density at radius 1 is 1.17 bits per heavy atom. The molecule has 10 heteroatoms. The smallest absolute Gasteiger partial charge is 0.231 e. The van der Waals surface area contributed by atoms with E-state index < -0.39 is 0 Å². The highest BCUT2D eigenvalue weighted by atomic mass is 35.5. The standard InChI is InChI=1S/C20H17BClN5O2S/c21-12-7-14-15(29-10-28-14)8-16(12)30-20-26-17-18(23)24-9-25-19(17)27(20)6-5-11-3-1-2-4-13(11)22/h1-4,7-9H,5-6,10,21H2,(H2,23,24,25). The Morgan fingerprint density at radius 2 is 1.97 bits per heavy atom. The molecule has 3 heterocycles. The molecule has 0 unspecified atom stereocenters. The predicted molar refractivity (Wildman–Crippen MR) is 120 cm³/mol. The number of benzene rings is 2. The van der Waals surface area contributed by atoms with Crippen molar-refractivity contribution in [3.63, 3.8) is 0 Å². The summed E-state index contributed by atoms with van der Waals surface area (Å²) in [6, 6.07) is 11.8. The lowest BCUT2D eigenvalue weighted by Gasteiger charge is -2.11. The summed E-state index contributed by atoms with van der Waals surface area (Å²) < 4.78 is 13.1. The van der Waals surface area contributed by atoms with Gasteiger partial charge in [0.05, 0.1) is 0 Å². The van der Waals surface area contributed by atoms with Crippen LogP contribution in [-0.2, 0) is 13.0 Å². The molecule has 0 atom stereocenters. The van der Waals surface area contributed by atoms with E-state index in [2.05, 4.69) is 14.5 Å². The molecule has 0 aliphatic carbocycles. The van der Waals surface area contributed by atoms with Gasteiger partial charge in [0.1, 0.15) is 14.2 Å². The van der Waals surface area contributed by atoms with E-state index in [1.54, 1.807) is 11.8 Å². The van der Waals surface area contributed by atoms with E-state index in [0.717, 1.165) is 44.0 Å². The summed E-state index contributed by atoms with van der Waals surface area (Å²) in [7, 11) is 2.04. The summed E-state index contributed by atoms with van der Waals surface area (Å²) in [6.45, 7) is 0.897. The van der Waals surface area contributed by atoms with Crippen LogP contribution in [0.4, 0.5) is 5.82 Å². The molecule has 4 aromatic rings. The zero-order valence-corrected chi connectivity index (χ0v) is 17.7. The van der Waals surface area contributed by atoms with Crippen molar-refractivity contribution in [2.75, 3.05) is 12.5 Å². The number of hydrogen-bond donors (Lipinski definition) is 1. The number of nitrogens with two attached hydrogens (primary N) is 1. The van der Waals surface area contributed by atoms with Crippen molar-refractivity contribution in [3.8, 4) is 11.5 Å². The SMILES string of the molecule is Bc1cc2c(cc1Sc1nc3c(N)ncnc3n1CCc1ccccc1Cl)OCO2. The van der Waals surface area contributed by atoms with Crippen LogP contribution in [-0.4, -0.2) is 34.2 Å². The normalized spacial score (nSPS) is 12.6. The van der Waals surface area contributed by atoms with Gasteiger partial charge in [-0.3, -0.25) is 0 Å². The van der Waals surface area contributed by atoms with Crippen LogP contribution in [0.5, 0.6) is 11.5 Å². The molecule has 2 N–H and O–H groups in total. The Labute approximate surface area is 183 Å². The topological polar surface area (TPSA) is 88.1 Å². The highest BCUT2D eigenvalue weighted by Crippen LogP contribution is 2.37. The lowest BCUT2D eigenvalue weighted by atomic mass is 9.96. The van der Waals surface area contributed by atoms with Gasteiger partial charge in [0, 0.05) is 16.5 Å². The maximum Gasteiger partial charge on any atom is 0.231 e. The second kappa shape index (κ2) is 7.73. The number of halogens is 1. The number of rotatable bonds is 5. The quantitative estimate of drug-likeness (QED) is 0.480. The van der Waals surface area contributed by atoms with Crippen molar-refractivity contribution in [1.82, 2.24) is 19.5 Å². The predicted octanol–water partition coefficient (Wildman–Crippen LogP) is 2.44. The molecule has 0 radical (unpaired) electrons. The van der Waals surface area contributed by atoms with Gasteiger partial charge >= 0.3 is 0 Å². The fourth-order valence-corrected chi connectivity index (χ4v) is 4.62. The Hall–Kier alpha value is -2.91. The van der Waals surface area contributed by atoms with Crippen LogP contribution in [0.15, 0.2) is 52.8 Å². The summed E-state index contributed by atoms with van der Waals surface area (Å²) in [5.74, 6) is 1.86. The maximum atomic E-state index is 6.35. The first-order chi connectivity index (χ1) is 14.6. The number of anilines is 1. The maximum absolute atomic E-state index is 6.35. The highest BCUT2D eigenvalue weighted by Gasteiger charge is 2.20. The zero-order chi connectivity index (χ0) is 20.7. The molecule has 1 aliphatic rings. The van der Waals surface area contributed by atoms with Gasteiger partial charge in [0.2, 0.25) is 6.79 Å². The molecule has 0 bridgehead atoms. The minimum absolute atomic E-state index is 0.241. The Bertz CT molecular complexity index is 1270. The monoisotopic (exact) mass is 437 g/mol. The van der Waals surface area contributed by atoms with Crippen LogP contribution in [0.1, 0.15) is 5.56 Å². The summed E-state index contributed by atoms with van der Waals surface area (Å²) in [6.07, 6.45) is 2.20. The molecule has 0 saturated carbocycles. The number of aryl methyl sites for hydroxylation is 2. The van der Waals surface area contributed by atoms with Crippen molar-refractivity contribution in [2.45, 2.75) is 23.0 Å². The minimum atomic E-state index is 0.241. The van der Waals surface area contributed by atoms with Gasteiger partial charge in [-0.15, -0.1) is 0 Å². The molecular weight excluding hydrogens is 421 g/mol. The molecule has 2 aromatic heterocycles. The summed E-state index contributed by atoms with van der Waals surface area (Å²) in [5, 5.41) is 1.53. The summed E-state index contributed by atoms with van der Waals surface area (Å²) in [5.41, 5.74) is 9.52. The second-order valence-corrected chi connectivity index (χ2v) is 8.31. The molecule has 7 nitrogen and oxygen atoms in total. The average molecular weight is 438 g/mol. The number of aromatic nitrogens is 4. The van der Waals surface area contributed by atoms with Gasteiger partial charge in [0.15, 0.2) is 33.6 Å². The molecule has 5 rings (SSSR count). The fraction of sp³-hybridized carbons (Fsp3) is 0.150. The molecule has 0 saturated heterocycles. The van der Waals surface area contributed by atoms with E-state index >= 15 is 0 Å². The van der Waals surface area contributed by atoms with E-state index in [1.807, 2.05) is 44.2 Å². The first kappa shape index (κ1) is 19.1. The van der Waals surface area contributed by atoms with Crippen molar-refractivity contribution < 1.29 is 9.47 Å². The zero-order valence-electron chi connectivity index (χ0n) is 16.1. The third-order valence-electron chi connectivity index (χ3n) is 4.96. The van der Waals surface area contributed by atoms with E-state index in [0.29, 0.717) is 23.5 Å². The molecule has 30 heavy (non-hydrogen) atoms. The van der Waals surface area contributed by atoms with E-state index in [-0.39, 0.29) is 6.79 Å². The average Bonchev–Trinajstić information content (AvgIpc) is 3.32. The fourth-order valence-electron chi connectivity index (χ4n) is 3.38. The summed E-state index contributed by atoms with van der Waals surface area (Å²) >= 11 is 7.89. The first-order valence-corrected chi connectivity index (χ1v) is 10.6. The number of ether oxygens (including phenoxy) is 2. The van der Waals surface area contributed by atoms with Gasteiger partial charge < -0.3 is 19.8 Å². The van der Waals surface area contributed by atoms with E-state index in [4.69, 9.17) is 31.8 Å². The van der Waals surface area contributed by atoms with Crippen molar-refractivity contribution in [1.29, 1.82) is 0 Å². The molecule has 2 aromatic carbocycles. The number of hydrogen-bond acceptors (Lipinski definition) is 7. The molecule has 0 spiro atoms. The Kier molecular flexibility index (Phi) is 4.92. The lowest BCUT2D eigenvalue weighted by Crippen LogP contribution is -2.08. The van der Waals surface area contributed by atoms with Crippen LogP contribution in [0.3, 0.4) is 0 Å². The number of fused-ring (bicyclic) bond motifs is 2. The second-order valence-electron chi connectivity index (χ2n) is 6.89. The number of nitrogen functional groups attached to an aromatic ring is 1. The highest BCUT2D eigenvalue weighted by molar-refractivity contribution is 7.99. The van der Waals surface area contributed by atoms with Crippen LogP contribution in [0.2, 0.25) is 5.02 Å². The van der Waals surface area contributed by atoms with Crippen molar-refractivity contribution in [3.05, 3.63) is 53.3 Å². The number of nitrogens with zero attached hydrogens (tertiary/aromatic N) is 4. The van der Waals surface area contributed by atoms with Gasteiger partial charge in [-0.2, -0.15) is 0 Å². The van der Waals surface area contributed by atoms with Gasteiger partial charge in [-0.05, 0) is 30.2 Å². The molecule has 1 aliphatic heterocycles. The van der Waals surface area contributed by atoms with Gasteiger partial charge in [0.25, 0.3) is 0 Å². The molecule has 150 valence electrons. The lowest BCUT2D eigenvalue weighted by molar-refractivity contribution is 0.174. The van der Waals surface area contributed by atoms with Crippen LogP contribution in [0, 0.1) is 0 Å². The third-order valence-corrected chi connectivity index (χ3v) is 6.48. The summed E-state index contributed by atoms with van der Waals surface area (Å²) in [4.78, 5) is 14.3. The Morgan fingerprint density at radius 3 is 2.80 bits per heavy atom. The van der Waals surface area contributed by atoms with Gasteiger partial charge in [-0.1, -0.05) is 47.0 Å². The largest absolute Gasteiger partial charge is 0.454 e. The first-order valence-electron chi connectivity index (χ1n) is 9.38. The van der Waals surface area contributed by atoms with Crippen molar-refractivity contribution in [2.24, 2.45) is 0 Å². The van der Waals surface area contributed by atoms with Crippen LogP contribution < -0.4 is 20.7 Å². The molecule has 0 amide bonds. The minimum Gasteiger partial charge on any atom is -0.454 e. The van der Waals surface area contributed by atoms with E-state index in [9.17, 15) is 0 Å². The third kappa shape index (κ3) is 3.44. The van der Waals surface area contributed by atoms with Crippen LogP contribution in [0.25, 0.3) is 11.2 Å². The van der Waals surface area contributed by atoms with Crippen LogP contribution >= 0.6 is 23.4 Å². The van der Waals surface area contributed by atoms with Gasteiger partial charge in [-0.25, -0.2) is 15.0 Å². The Balaban J connectivity index is 1.54. The molecular formula is C20H17BClN5O2S. The van der Waals surface area contributed by atoms with E-state index in [1.165, 1.54) is 6.33 Å².